The van der Waals surface area contributed by atoms with Gasteiger partial charge in [0, 0.05) is 24.7 Å². The fourth-order valence-corrected chi connectivity index (χ4v) is 3.85. The summed E-state index contributed by atoms with van der Waals surface area (Å²) in [4.78, 5) is 4.36. The Hall–Kier alpha value is -1.31. The number of sulfonamides is 1. The lowest BCUT2D eigenvalue weighted by Crippen LogP contribution is -2.39. The number of nitrogens with one attached hydrogen (secondary N) is 3. The molecule has 1 fully saturated rings. The number of aliphatic imine (C=N–C) groups is 1. The first kappa shape index (κ1) is 21.0. The van der Waals surface area contributed by atoms with Crippen LogP contribution in [0, 0.1) is 5.92 Å². The van der Waals surface area contributed by atoms with E-state index in [-0.39, 0.29) is 12.3 Å². The van der Waals surface area contributed by atoms with Crippen LogP contribution in [0.15, 0.2) is 29.3 Å². The molecule has 0 spiro atoms. The lowest BCUT2D eigenvalue weighted by atomic mass is 9.86. The smallest absolute Gasteiger partial charge is 0.213 e. The van der Waals surface area contributed by atoms with Gasteiger partial charge in [0.15, 0.2) is 5.96 Å². The van der Waals surface area contributed by atoms with Crippen molar-refractivity contribution in [1.82, 2.24) is 15.4 Å². The third-order valence-corrected chi connectivity index (χ3v) is 6.13. The highest BCUT2D eigenvalue weighted by molar-refractivity contribution is 7.89. The fourth-order valence-electron chi connectivity index (χ4n) is 2.65. The summed E-state index contributed by atoms with van der Waals surface area (Å²) in [6.07, 6.45) is 4.23. The second-order valence-corrected chi connectivity index (χ2v) is 8.83. The highest BCUT2D eigenvalue weighted by Crippen LogP contribution is 2.25. The van der Waals surface area contributed by atoms with Crippen LogP contribution in [-0.4, -0.2) is 46.3 Å². The standard InChI is InChI=1S/C18H29ClN4O2S/c1-2-20-18(21-11-10-16-8-3-4-9-17(16)19)22-12-13-26(24,25)23-14-15-6-5-7-15/h3-4,8-9,15,23H,2,5-7,10-14H2,1H3,(H2,20,21,22). The molecule has 1 aliphatic carbocycles. The van der Waals surface area contributed by atoms with Crippen molar-refractivity contribution < 1.29 is 8.42 Å². The minimum absolute atomic E-state index is 0.000801. The first-order valence-corrected chi connectivity index (χ1v) is 11.3. The number of guanidine groups is 1. The third kappa shape index (κ3) is 7.51. The molecular formula is C18H29ClN4O2S. The summed E-state index contributed by atoms with van der Waals surface area (Å²) < 4.78 is 26.7. The molecule has 1 aromatic carbocycles. The van der Waals surface area contributed by atoms with Gasteiger partial charge < -0.3 is 10.6 Å². The van der Waals surface area contributed by atoms with Crippen LogP contribution in [0.2, 0.25) is 5.02 Å². The molecule has 26 heavy (non-hydrogen) atoms. The predicted molar refractivity (Wildman–Crippen MR) is 108 cm³/mol. The monoisotopic (exact) mass is 400 g/mol. The van der Waals surface area contributed by atoms with Crippen molar-refractivity contribution in [3.8, 4) is 0 Å². The maximum Gasteiger partial charge on any atom is 0.213 e. The Morgan fingerprint density at radius 3 is 2.69 bits per heavy atom. The number of rotatable bonds is 10. The summed E-state index contributed by atoms with van der Waals surface area (Å²) in [5, 5.41) is 7.09. The average molecular weight is 401 g/mol. The minimum atomic E-state index is -3.26. The van der Waals surface area contributed by atoms with Crippen molar-refractivity contribution >= 4 is 27.6 Å². The van der Waals surface area contributed by atoms with Crippen molar-refractivity contribution in [2.45, 2.75) is 32.6 Å². The number of halogens is 1. The van der Waals surface area contributed by atoms with Gasteiger partial charge in [0.1, 0.15) is 0 Å². The van der Waals surface area contributed by atoms with Crippen LogP contribution in [-0.2, 0) is 16.4 Å². The van der Waals surface area contributed by atoms with Crippen LogP contribution in [0.25, 0.3) is 0 Å². The van der Waals surface area contributed by atoms with Crippen molar-refractivity contribution in [2.24, 2.45) is 10.9 Å². The molecule has 6 nitrogen and oxygen atoms in total. The number of benzene rings is 1. The van der Waals surface area contributed by atoms with E-state index >= 15 is 0 Å². The van der Waals surface area contributed by atoms with Crippen LogP contribution in [0.4, 0.5) is 0 Å². The van der Waals surface area contributed by atoms with Crippen molar-refractivity contribution in [3.63, 3.8) is 0 Å². The molecule has 0 heterocycles. The van der Waals surface area contributed by atoms with E-state index in [1.54, 1.807) is 0 Å². The van der Waals surface area contributed by atoms with E-state index in [0.29, 0.717) is 31.5 Å². The van der Waals surface area contributed by atoms with Gasteiger partial charge in [-0.25, -0.2) is 13.1 Å². The summed E-state index contributed by atoms with van der Waals surface area (Å²) in [7, 11) is -3.26. The summed E-state index contributed by atoms with van der Waals surface area (Å²) in [5.41, 5.74) is 1.07. The van der Waals surface area contributed by atoms with E-state index in [9.17, 15) is 8.42 Å². The molecule has 0 atom stereocenters. The molecule has 146 valence electrons. The molecule has 0 aromatic heterocycles. The van der Waals surface area contributed by atoms with Crippen LogP contribution in [0.3, 0.4) is 0 Å². The molecular weight excluding hydrogens is 372 g/mol. The molecule has 0 amide bonds. The van der Waals surface area contributed by atoms with E-state index in [1.165, 1.54) is 6.42 Å². The third-order valence-electron chi connectivity index (χ3n) is 4.44. The Morgan fingerprint density at radius 2 is 2.04 bits per heavy atom. The van der Waals surface area contributed by atoms with Gasteiger partial charge in [-0.2, -0.15) is 0 Å². The number of hydrogen-bond acceptors (Lipinski definition) is 3. The lowest BCUT2D eigenvalue weighted by molar-refractivity contribution is 0.316. The molecule has 0 saturated heterocycles. The average Bonchev–Trinajstić information content (AvgIpc) is 2.55. The lowest BCUT2D eigenvalue weighted by Gasteiger charge is -2.25. The van der Waals surface area contributed by atoms with Crippen molar-refractivity contribution in [2.75, 3.05) is 31.9 Å². The maximum atomic E-state index is 12.0. The van der Waals surface area contributed by atoms with E-state index in [1.807, 2.05) is 31.2 Å². The van der Waals surface area contributed by atoms with Crippen LogP contribution in [0.5, 0.6) is 0 Å². The minimum Gasteiger partial charge on any atom is -0.357 e. The SMILES string of the molecule is CCNC(=NCCS(=O)(=O)NCC1CCC1)NCCc1ccccc1Cl. The Balaban J connectivity index is 1.75. The highest BCUT2D eigenvalue weighted by Gasteiger charge is 2.19. The van der Waals surface area contributed by atoms with Crippen LogP contribution >= 0.6 is 11.6 Å². The molecule has 1 aliphatic rings. The van der Waals surface area contributed by atoms with E-state index < -0.39 is 10.0 Å². The summed E-state index contributed by atoms with van der Waals surface area (Å²) in [6.45, 7) is 4.14. The quantitative estimate of drug-likeness (QED) is 0.415. The van der Waals surface area contributed by atoms with Gasteiger partial charge in [-0.1, -0.05) is 36.2 Å². The Bertz CT molecular complexity index is 690. The highest BCUT2D eigenvalue weighted by atomic mass is 35.5. The first-order valence-electron chi connectivity index (χ1n) is 9.23. The van der Waals surface area contributed by atoms with Gasteiger partial charge in [0.25, 0.3) is 0 Å². The molecule has 8 heteroatoms. The van der Waals surface area contributed by atoms with E-state index in [4.69, 9.17) is 11.6 Å². The van der Waals surface area contributed by atoms with Gasteiger partial charge in [-0.3, -0.25) is 4.99 Å². The molecule has 0 radical (unpaired) electrons. The molecule has 2 rings (SSSR count). The normalized spacial score (nSPS) is 15.5. The van der Waals surface area contributed by atoms with Crippen molar-refractivity contribution in [1.29, 1.82) is 0 Å². The van der Waals surface area contributed by atoms with Gasteiger partial charge in [-0.05, 0) is 43.7 Å². The largest absolute Gasteiger partial charge is 0.357 e. The molecule has 0 bridgehead atoms. The second kappa shape index (κ2) is 10.7. The first-order chi connectivity index (χ1) is 12.5. The summed E-state index contributed by atoms with van der Waals surface area (Å²) in [5.74, 6) is 1.13. The second-order valence-electron chi connectivity index (χ2n) is 6.49. The van der Waals surface area contributed by atoms with Crippen LogP contribution in [0.1, 0.15) is 31.7 Å². The fraction of sp³-hybridized carbons (Fsp3) is 0.611. The Kier molecular flexibility index (Phi) is 8.68. The number of hydrogen-bond donors (Lipinski definition) is 3. The van der Waals surface area contributed by atoms with Gasteiger partial charge in [0.2, 0.25) is 10.0 Å². The molecule has 1 aromatic rings. The van der Waals surface area contributed by atoms with Crippen LogP contribution < -0.4 is 15.4 Å². The molecule has 0 unspecified atom stereocenters. The predicted octanol–water partition coefficient (Wildman–Crippen LogP) is 2.16. The molecule has 3 N–H and O–H groups in total. The van der Waals surface area contributed by atoms with Gasteiger partial charge >= 0.3 is 0 Å². The van der Waals surface area contributed by atoms with Gasteiger partial charge in [0.05, 0.1) is 12.3 Å². The summed E-state index contributed by atoms with van der Waals surface area (Å²) in [6, 6.07) is 7.73. The topological polar surface area (TPSA) is 82.6 Å². The zero-order chi connectivity index (χ0) is 18.8. The summed E-state index contributed by atoms with van der Waals surface area (Å²) >= 11 is 6.15. The van der Waals surface area contributed by atoms with Gasteiger partial charge in [-0.15, -0.1) is 0 Å². The zero-order valence-electron chi connectivity index (χ0n) is 15.3. The molecule has 1 saturated carbocycles. The zero-order valence-corrected chi connectivity index (χ0v) is 16.9. The maximum absolute atomic E-state index is 12.0. The molecule has 0 aliphatic heterocycles. The van der Waals surface area contributed by atoms with Crippen molar-refractivity contribution in [3.05, 3.63) is 34.9 Å². The van der Waals surface area contributed by atoms with E-state index in [2.05, 4.69) is 20.3 Å². The Morgan fingerprint density at radius 1 is 1.27 bits per heavy atom. The van der Waals surface area contributed by atoms with E-state index in [0.717, 1.165) is 29.8 Å². The Labute approximate surface area is 161 Å². The number of nitrogens with zero attached hydrogens (tertiary/aromatic N) is 1.